The summed E-state index contributed by atoms with van der Waals surface area (Å²) < 4.78 is 3.63. The molecule has 4 aromatic rings. The SMILES string of the molecule is Cc1ccc(C(=O)Cn2nc3n(C)c(=O)c4ccc(C(=O)NC5CCCCC5)cc4n3c2=O)cc1. The summed E-state index contributed by atoms with van der Waals surface area (Å²) in [4.78, 5) is 52.0. The lowest BCUT2D eigenvalue weighted by molar-refractivity contribution is 0.0926. The second-order valence-corrected chi connectivity index (χ2v) is 9.27. The van der Waals surface area contributed by atoms with Crippen LogP contribution in [0.1, 0.15) is 58.4 Å². The summed E-state index contributed by atoms with van der Waals surface area (Å²) in [6.07, 6.45) is 5.27. The summed E-state index contributed by atoms with van der Waals surface area (Å²) in [5, 5.41) is 7.64. The molecule has 1 fully saturated rings. The Morgan fingerprint density at radius 1 is 1.00 bits per heavy atom. The Labute approximate surface area is 201 Å². The third-order valence-corrected chi connectivity index (χ3v) is 6.77. The molecule has 1 aliphatic carbocycles. The van der Waals surface area contributed by atoms with Gasteiger partial charge in [-0.1, -0.05) is 49.1 Å². The first-order chi connectivity index (χ1) is 16.8. The maximum Gasteiger partial charge on any atom is 0.352 e. The summed E-state index contributed by atoms with van der Waals surface area (Å²) in [7, 11) is 1.53. The summed E-state index contributed by atoms with van der Waals surface area (Å²) in [6.45, 7) is 1.66. The number of nitrogens with one attached hydrogen (secondary N) is 1. The number of Topliss-reactive ketones (excluding diaryl/α,β-unsaturated/α-hetero) is 1. The third kappa shape index (κ3) is 4.18. The van der Waals surface area contributed by atoms with E-state index >= 15 is 0 Å². The van der Waals surface area contributed by atoms with Gasteiger partial charge in [0.25, 0.3) is 11.5 Å². The minimum absolute atomic E-state index is 0.106. The van der Waals surface area contributed by atoms with Crippen molar-refractivity contribution in [3.63, 3.8) is 0 Å². The fourth-order valence-corrected chi connectivity index (χ4v) is 4.72. The Hall–Kier alpha value is -4.01. The second-order valence-electron chi connectivity index (χ2n) is 9.27. The van der Waals surface area contributed by atoms with Gasteiger partial charge in [-0.3, -0.25) is 19.0 Å². The Kier molecular flexibility index (Phi) is 5.84. The van der Waals surface area contributed by atoms with Gasteiger partial charge in [-0.2, -0.15) is 0 Å². The van der Waals surface area contributed by atoms with E-state index in [1.165, 1.54) is 22.4 Å². The third-order valence-electron chi connectivity index (χ3n) is 6.77. The van der Waals surface area contributed by atoms with Crippen LogP contribution in [0, 0.1) is 6.92 Å². The molecule has 35 heavy (non-hydrogen) atoms. The van der Waals surface area contributed by atoms with E-state index in [-0.39, 0.29) is 35.6 Å². The normalized spacial score (nSPS) is 14.5. The molecule has 180 valence electrons. The van der Waals surface area contributed by atoms with Crippen LogP contribution in [0.4, 0.5) is 0 Å². The molecule has 2 heterocycles. The van der Waals surface area contributed by atoms with Gasteiger partial charge in [0.1, 0.15) is 6.54 Å². The molecule has 2 aromatic heterocycles. The molecule has 1 aliphatic rings. The van der Waals surface area contributed by atoms with E-state index in [9.17, 15) is 19.2 Å². The molecule has 0 unspecified atom stereocenters. The monoisotopic (exact) mass is 473 g/mol. The molecule has 0 aliphatic heterocycles. The standard InChI is InChI=1S/C26H27N5O4/c1-16-8-10-17(11-9-16)22(32)15-30-26(35)31-21-14-18(23(33)27-19-6-4-3-5-7-19)12-13-20(21)24(34)29(2)25(31)28-30/h8-14,19H,3-7,15H2,1-2H3,(H,27,33). The lowest BCUT2D eigenvalue weighted by atomic mass is 9.95. The van der Waals surface area contributed by atoms with Crippen LogP contribution in [-0.2, 0) is 13.6 Å². The highest BCUT2D eigenvalue weighted by molar-refractivity contribution is 5.98. The van der Waals surface area contributed by atoms with Gasteiger partial charge in [0.2, 0.25) is 5.78 Å². The Morgan fingerprint density at radius 3 is 2.40 bits per heavy atom. The second kappa shape index (κ2) is 8.98. The van der Waals surface area contributed by atoms with Crippen molar-refractivity contribution in [3.8, 4) is 0 Å². The Balaban J connectivity index is 1.56. The van der Waals surface area contributed by atoms with E-state index in [2.05, 4.69) is 10.4 Å². The van der Waals surface area contributed by atoms with Gasteiger partial charge in [-0.25, -0.2) is 13.9 Å². The summed E-state index contributed by atoms with van der Waals surface area (Å²) in [6, 6.07) is 11.9. The number of fused-ring (bicyclic) bond motifs is 3. The highest BCUT2D eigenvalue weighted by atomic mass is 16.2. The minimum atomic E-state index is -0.550. The van der Waals surface area contributed by atoms with Gasteiger partial charge in [-0.05, 0) is 38.0 Å². The van der Waals surface area contributed by atoms with E-state index < -0.39 is 5.69 Å². The molecule has 2 aromatic carbocycles. The van der Waals surface area contributed by atoms with Gasteiger partial charge in [0.15, 0.2) is 5.78 Å². The predicted octanol–water partition coefficient (Wildman–Crippen LogP) is 2.60. The molecule has 1 saturated carbocycles. The van der Waals surface area contributed by atoms with Crippen molar-refractivity contribution in [1.29, 1.82) is 0 Å². The quantitative estimate of drug-likeness (QED) is 0.449. The maximum atomic E-state index is 13.3. The van der Waals surface area contributed by atoms with Crippen LogP contribution in [0.5, 0.6) is 0 Å². The highest BCUT2D eigenvalue weighted by Gasteiger charge is 2.21. The van der Waals surface area contributed by atoms with Crippen molar-refractivity contribution in [2.45, 2.75) is 51.6 Å². The van der Waals surface area contributed by atoms with Gasteiger partial charge in [0.05, 0.1) is 10.9 Å². The molecule has 0 atom stereocenters. The molecule has 9 heteroatoms. The average Bonchev–Trinajstić information content (AvgIpc) is 3.19. The molecular formula is C26H27N5O4. The van der Waals surface area contributed by atoms with Crippen molar-refractivity contribution in [2.24, 2.45) is 7.05 Å². The number of carbonyl (C=O) groups is 2. The predicted molar refractivity (Wildman–Crippen MR) is 132 cm³/mol. The van der Waals surface area contributed by atoms with Crippen molar-refractivity contribution in [2.75, 3.05) is 0 Å². The van der Waals surface area contributed by atoms with Crippen LogP contribution in [0.3, 0.4) is 0 Å². The molecule has 1 N–H and O–H groups in total. The number of aromatic nitrogens is 4. The van der Waals surface area contributed by atoms with Gasteiger partial charge < -0.3 is 5.32 Å². The summed E-state index contributed by atoms with van der Waals surface area (Å²) in [5.41, 5.74) is 1.27. The molecule has 9 nitrogen and oxygen atoms in total. The highest BCUT2D eigenvalue weighted by Crippen LogP contribution is 2.19. The number of benzene rings is 2. The van der Waals surface area contributed by atoms with E-state index in [1.807, 2.05) is 19.1 Å². The van der Waals surface area contributed by atoms with Gasteiger partial charge in [-0.15, -0.1) is 5.10 Å². The first-order valence-corrected chi connectivity index (χ1v) is 11.9. The lowest BCUT2D eigenvalue weighted by Crippen LogP contribution is -2.36. The zero-order valence-corrected chi connectivity index (χ0v) is 19.8. The maximum absolute atomic E-state index is 13.3. The zero-order chi connectivity index (χ0) is 24.7. The lowest BCUT2D eigenvalue weighted by Gasteiger charge is -2.22. The topological polar surface area (TPSA) is 107 Å². The molecule has 0 spiro atoms. The molecule has 0 saturated heterocycles. The molecule has 1 amide bonds. The van der Waals surface area contributed by atoms with Crippen LogP contribution in [0.15, 0.2) is 52.1 Å². The fraction of sp³-hybridized carbons (Fsp3) is 0.346. The van der Waals surface area contributed by atoms with Crippen molar-refractivity contribution in [3.05, 3.63) is 80.0 Å². The zero-order valence-electron chi connectivity index (χ0n) is 19.8. The smallest absolute Gasteiger partial charge is 0.349 e. The Bertz CT molecular complexity index is 1570. The van der Waals surface area contributed by atoms with Crippen LogP contribution < -0.4 is 16.6 Å². The number of ketones is 1. The van der Waals surface area contributed by atoms with Crippen molar-refractivity contribution < 1.29 is 9.59 Å². The first kappa shape index (κ1) is 22.8. The van der Waals surface area contributed by atoms with Gasteiger partial charge in [0, 0.05) is 24.2 Å². The van der Waals surface area contributed by atoms with E-state index in [0.29, 0.717) is 22.0 Å². The minimum Gasteiger partial charge on any atom is -0.349 e. The summed E-state index contributed by atoms with van der Waals surface area (Å²) >= 11 is 0. The van der Waals surface area contributed by atoms with E-state index in [0.717, 1.165) is 35.9 Å². The number of hydrogen-bond acceptors (Lipinski definition) is 5. The number of carbonyl (C=O) groups excluding carboxylic acids is 2. The number of aryl methyl sites for hydroxylation is 2. The van der Waals surface area contributed by atoms with E-state index in [4.69, 9.17) is 0 Å². The summed E-state index contributed by atoms with van der Waals surface area (Å²) in [5.74, 6) is -0.394. The number of hydrogen-bond donors (Lipinski definition) is 1. The fourth-order valence-electron chi connectivity index (χ4n) is 4.72. The first-order valence-electron chi connectivity index (χ1n) is 11.9. The van der Waals surface area contributed by atoms with Crippen molar-refractivity contribution in [1.82, 2.24) is 24.1 Å². The van der Waals surface area contributed by atoms with Gasteiger partial charge >= 0.3 is 5.69 Å². The van der Waals surface area contributed by atoms with Crippen LogP contribution in [0.25, 0.3) is 16.7 Å². The largest absolute Gasteiger partial charge is 0.352 e. The number of amides is 1. The molecule has 0 radical (unpaired) electrons. The number of nitrogens with zero attached hydrogens (tertiary/aromatic N) is 4. The molecule has 0 bridgehead atoms. The van der Waals surface area contributed by atoms with Crippen LogP contribution in [0.2, 0.25) is 0 Å². The molecule has 5 rings (SSSR count). The van der Waals surface area contributed by atoms with Crippen molar-refractivity contribution >= 4 is 28.4 Å². The number of rotatable bonds is 5. The molecular weight excluding hydrogens is 446 g/mol. The Morgan fingerprint density at radius 2 is 1.69 bits per heavy atom. The van der Waals surface area contributed by atoms with E-state index in [1.54, 1.807) is 30.3 Å². The van der Waals surface area contributed by atoms with Crippen LogP contribution in [-0.4, -0.2) is 36.5 Å². The van der Waals surface area contributed by atoms with Crippen LogP contribution >= 0.6 is 0 Å². The average molecular weight is 474 g/mol.